The van der Waals surface area contributed by atoms with E-state index in [2.05, 4.69) is 47.4 Å². The zero-order valence-corrected chi connectivity index (χ0v) is 13.8. The van der Waals surface area contributed by atoms with E-state index in [1.165, 1.54) is 62.3 Å². The number of benzene rings is 1. The van der Waals surface area contributed by atoms with Gasteiger partial charge in [-0.15, -0.1) is 11.8 Å². The van der Waals surface area contributed by atoms with Gasteiger partial charge in [-0.25, -0.2) is 0 Å². The topological polar surface area (TPSA) is 6.48 Å². The fourth-order valence-corrected chi connectivity index (χ4v) is 3.32. The van der Waals surface area contributed by atoms with Gasteiger partial charge in [-0.1, -0.05) is 25.0 Å². The molecule has 112 valence electrons. The molecule has 2 nitrogen and oxygen atoms in total. The molecule has 1 heterocycles. The van der Waals surface area contributed by atoms with Gasteiger partial charge in [0.1, 0.15) is 0 Å². The predicted molar refractivity (Wildman–Crippen MR) is 89.5 cm³/mol. The first kappa shape index (κ1) is 15.9. The van der Waals surface area contributed by atoms with Gasteiger partial charge in [-0.3, -0.25) is 0 Å². The number of rotatable bonds is 6. The van der Waals surface area contributed by atoms with Crippen LogP contribution in [0.1, 0.15) is 31.2 Å². The van der Waals surface area contributed by atoms with Gasteiger partial charge in [0.15, 0.2) is 0 Å². The molecule has 1 saturated heterocycles. The molecule has 1 aromatic rings. The third-order valence-electron chi connectivity index (χ3n) is 4.08. The van der Waals surface area contributed by atoms with Crippen molar-refractivity contribution in [2.24, 2.45) is 0 Å². The molecule has 0 aliphatic carbocycles. The Kier molecular flexibility index (Phi) is 6.91. The highest BCUT2D eigenvalue weighted by Crippen LogP contribution is 2.16. The Hall–Kier alpha value is -0.510. The van der Waals surface area contributed by atoms with E-state index in [0.717, 1.165) is 6.54 Å². The van der Waals surface area contributed by atoms with Gasteiger partial charge in [0.25, 0.3) is 0 Å². The van der Waals surface area contributed by atoms with Gasteiger partial charge in [-0.05, 0) is 56.9 Å². The van der Waals surface area contributed by atoms with Crippen LogP contribution in [0, 0.1) is 0 Å². The molecule has 1 aliphatic heterocycles. The molecule has 0 spiro atoms. The minimum Gasteiger partial charge on any atom is -0.302 e. The van der Waals surface area contributed by atoms with Crippen LogP contribution in [0.5, 0.6) is 0 Å². The monoisotopic (exact) mass is 292 g/mol. The normalized spacial score (nSPS) is 17.4. The largest absolute Gasteiger partial charge is 0.302 e. The lowest BCUT2D eigenvalue weighted by Crippen LogP contribution is -2.33. The molecule has 0 unspecified atom stereocenters. The van der Waals surface area contributed by atoms with Crippen LogP contribution in [-0.2, 0) is 6.54 Å². The molecule has 20 heavy (non-hydrogen) atoms. The maximum absolute atomic E-state index is 2.64. The van der Waals surface area contributed by atoms with Gasteiger partial charge >= 0.3 is 0 Å². The summed E-state index contributed by atoms with van der Waals surface area (Å²) >= 11 is 1.82. The van der Waals surface area contributed by atoms with E-state index in [1.807, 2.05) is 11.8 Å². The molecular formula is C17H28N2S. The molecule has 1 aliphatic rings. The van der Waals surface area contributed by atoms with E-state index in [-0.39, 0.29) is 0 Å². The van der Waals surface area contributed by atoms with Crippen molar-refractivity contribution in [1.82, 2.24) is 9.80 Å². The zero-order valence-electron chi connectivity index (χ0n) is 13.0. The summed E-state index contributed by atoms with van der Waals surface area (Å²) in [5.74, 6) is 0. The maximum atomic E-state index is 2.64. The Morgan fingerprint density at radius 2 is 1.90 bits per heavy atom. The average Bonchev–Trinajstić information content (AvgIpc) is 2.74. The molecule has 0 amide bonds. The fraction of sp³-hybridized carbons (Fsp3) is 0.647. The number of hydrogen-bond donors (Lipinski definition) is 0. The number of hydrogen-bond acceptors (Lipinski definition) is 3. The molecule has 0 radical (unpaired) electrons. The number of nitrogens with zero attached hydrogens (tertiary/aromatic N) is 2. The van der Waals surface area contributed by atoms with E-state index in [9.17, 15) is 0 Å². The van der Waals surface area contributed by atoms with Crippen molar-refractivity contribution in [2.75, 3.05) is 39.5 Å². The van der Waals surface area contributed by atoms with Crippen LogP contribution in [0.25, 0.3) is 0 Å². The third kappa shape index (κ3) is 5.47. The third-order valence-corrected chi connectivity index (χ3v) is 4.81. The SMILES string of the molecule is CSc1cccc(CN(C)CCN2CCCCCC2)c1. The lowest BCUT2D eigenvalue weighted by molar-refractivity contribution is 0.227. The number of thioether (sulfide) groups is 1. The Bertz CT molecular complexity index is 386. The van der Waals surface area contributed by atoms with Crippen LogP contribution in [-0.4, -0.2) is 49.3 Å². The molecule has 1 fully saturated rings. The van der Waals surface area contributed by atoms with Crippen molar-refractivity contribution < 1.29 is 0 Å². The van der Waals surface area contributed by atoms with Crippen molar-refractivity contribution in [3.8, 4) is 0 Å². The van der Waals surface area contributed by atoms with Crippen molar-refractivity contribution in [3.05, 3.63) is 29.8 Å². The lowest BCUT2D eigenvalue weighted by Gasteiger charge is -2.24. The van der Waals surface area contributed by atoms with Gasteiger partial charge in [0, 0.05) is 24.5 Å². The highest BCUT2D eigenvalue weighted by Gasteiger charge is 2.09. The van der Waals surface area contributed by atoms with Crippen LogP contribution in [0.4, 0.5) is 0 Å². The highest BCUT2D eigenvalue weighted by molar-refractivity contribution is 7.98. The number of likely N-dealkylation sites (tertiary alicyclic amines) is 1. The van der Waals surface area contributed by atoms with Crippen molar-refractivity contribution >= 4 is 11.8 Å². The molecule has 2 rings (SSSR count). The molecule has 1 aromatic carbocycles. The van der Waals surface area contributed by atoms with Crippen LogP contribution < -0.4 is 0 Å². The molecule has 0 saturated carbocycles. The predicted octanol–water partition coefficient (Wildman–Crippen LogP) is 3.72. The van der Waals surface area contributed by atoms with Crippen molar-refractivity contribution in [3.63, 3.8) is 0 Å². The molecule has 0 aromatic heterocycles. The smallest absolute Gasteiger partial charge is 0.0231 e. The lowest BCUT2D eigenvalue weighted by atomic mass is 10.2. The summed E-state index contributed by atoms with van der Waals surface area (Å²) in [7, 11) is 2.24. The van der Waals surface area contributed by atoms with Gasteiger partial charge in [0.2, 0.25) is 0 Å². The first-order valence-corrected chi connectivity index (χ1v) is 9.04. The minimum atomic E-state index is 1.06. The van der Waals surface area contributed by atoms with Crippen LogP contribution in [0.15, 0.2) is 29.2 Å². The summed E-state index contributed by atoms with van der Waals surface area (Å²) in [5, 5.41) is 0. The van der Waals surface area contributed by atoms with Gasteiger partial charge in [0.05, 0.1) is 0 Å². The quantitative estimate of drug-likeness (QED) is 0.738. The van der Waals surface area contributed by atoms with Crippen LogP contribution in [0.3, 0.4) is 0 Å². The Morgan fingerprint density at radius 3 is 2.60 bits per heavy atom. The van der Waals surface area contributed by atoms with Crippen molar-refractivity contribution in [2.45, 2.75) is 37.1 Å². The van der Waals surface area contributed by atoms with Crippen LogP contribution >= 0.6 is 11.8 Å². The summed E-state index contributed by atoms with van der Waals surface area (Å²) in [5.41, 5.74) is 1.43. The van der Waals surface area contributed by atoms with E-state index < -0.39 is 0 Å². The van der Waals surface area contributed by atoms with Crippen LogP contribution in [0.2, 0.25) is 0 Å². The summed E-state index contributed by atoms with van der Waals surface area (Å²) in [6.45, 7) is 6.05. The molecule has 0 atom stereocenters. The zero-order chi connectivity index (χ0) is 14.2. The van der Waals surface area contributed by atoms with E-state index in [4.69, 9.17) is 0 Å². The molecule has 3 heteroatoms. The molecular weight excluding hydrogens is 264 g/mol. The number of likely N-dealkylation sites (N-methyl/N-ethyl adjacent to an activating group) is 1. The fourth-order valence-electron chi connectivity index (χ4n) is 2.83. The summed E-state index contributed by atoms with van der Waals surface area (Å²) in [6, 6.07) is 8.91. The summed E-state index contributed by atoms with van der Waals surface area (Å²) in [4.78, 5) is 6.45. The van der Waals surface area contributed by atoms with Gasteiger partial charge < -0.3 is 9.80 Å². The van der Waals surface area contributed by atoms with E-state index in [1.54, 1.807) is 0 Å². The first-order chi connectivity index (χ1) is 9.78. The Labute approximate surface area is 128 Å². The van der Waals surface area contributed by atoms with Gasteiger partial charge in [-0.2, -0.15) is 0 Å². The maximum Gasteiger partial charge on any atom is 0.0231 e. The average molecular weight is 292 g/mol. The molecule has 0 bridgehead atoms. The first-order valence-electron chi connectivity index (χ1n) is 7.82. The second kappa shape index (κ2) is 8.71. The van der Waals surface area contributed by atoms with E-state index in [0.29, 0.717) is 0 Å². The van der Waals surface area contributed by atoms with Crippen molar-refractivity contribution in [1.29, 1.82) is 0 Å². The Morgan fingerprint density at radius 1 is 1.15 bits per heavy atom. The Balaban J connectivity index is 1.75. The second-order valence-corrected chi connectivity index (χ2v) is 6.72. The highest BCUT2D eigenvalue weighted by atomic mass is 32.2. The summed E-state index contributed by atoms with van der Waals surface area (Å²) < 4.78 is 0. The minimum absolute atomic E-state index is 1.06. The second-order valence-electron chi connectivity index (χ2n) is 5.85. The summed E-state index contributed by atoms with van der Waals surface area (Å²) in [6.07, 6.45) is 7.77. The molecule has 0 N–H and O–H groups in total. The standard InChI is InChI=1S/C17H28N2S/c1-18(12-13-19-10-5-3-4-6-11-19)15-16-8-7-9-17(14-16)20-2/h7-9,14H,3-6,10-13,15H2,1-2H3. The van der Waals surface area contributed by atoms with E-state index >= 15 is 0 Å².